The average Bonchev–Trinajstić information content (AvgIpc) is 3.53. The lowest BCUT2D eigenvalue weighted by Gasteiger charge is -2.18. The lowest BCUT2D eigenvalue weighted by Crippen LogP contribution is -2.30. The van der Waals surface area contributed by atoms with Crippen molar-refractivity contribution in [2.24, 2.45) is 0 Å². The molecule has 0 saturated carbocycles. The van der Waals surface area contributed by atoms with E-state index in [1.54, 1.807) is 71.8 Å². The number of anilines is 1. The number of para-hydroxylation sites is 1. The minimum atomic E-state index is -3.81. The predicted octanol–water partition coefficient (Wildman–Crippen LogP) is 5.83. The summed E-state index contributed by atoms with van der Waals surface area (Å²) in [6, 6.07) is 24.6. The van der Waals surface area contributed by atoms with Crippen LogP contribution in [0.2, 0.25) is 0 Å². The van der Waals surface area contributed by atoms with E-state index in [2.05, 4.69) is 6.58 Å². The van der Waals surface area contributed by atoms with Crippen molar-refractivity contribution in [3.63, 3.8) is 0 Å². The Morgan fingerprint density at radius 2 is 1.63 bits per heavy atom. The van der Waals surface area contributed by atoms with Gasteiger partial charge in [0.05, 0.1) is 16.1 Å². The third-order valence-corrected chi connectivity index (χ3v) is 8.11. The maximum absolute atomic E-state index is 13.4. The zero-order chi connectivity index (χ0) is 24.4. The van der Waals surface area contributed by atoms with Crippen molar-refractivity contribution in [1.82, 2.24) is 8.96 Å². The molecule has 174 valence electrons. The zero-order valence-corrected chi connectivity index (χ0v) is 20.2. The van der Waals surface area contributed by atoms with Crippen LogP contribution in [0.15, 0.2) is 114 Å². The van der Waals surface area contributed by atoms with Gasteiger partial charge in [-0.3, -0.25) is 9.69 Å². The van der Waals surface area contributed by atoms with Gasteiger partial charge in [-0.1, -0.05) is 60.7 Å². The average molecular weight is 500 g/mol. The lowest BCUT2D eigenvalue weighted by atomic mass is 10.1. The highest BCUT2D eigenvalue weighted by Crippen LogP contribution is 2.35. The van der Waals surface area contributed by atoms with Crippen LogP contribution in [-0.2, 0) is 10.0 Å². The Labute approximate surface area is 207 Å². The quantitative estimate of drug-likeness (QED) is 0.264. The maximum atomic E-state index is 13.4. The highest BCUT2D eigenvalue weighted by Gasteiger charge is 2.24. The molecule has 0 N–H and O–H groups in total. The first-order valence-corrected chi connectivity index (χ1v) is 13.2. The molecule has 5 aromatic rings. The molecule has 6 nitrogen and oxygen atoms in total. The van der Waals surface area contributed by atoms with E-state index >= 15 is 0 Å². The number of aromatic nitrogens is 2. The van der Waals surface area contributed by atoms with E-state index in [0.717, 1.165) is 5.39 Å². The standard InChI is InChI=1S/C27H21N3O3S2/c1-2-17-29(26(31)20-11-5-3-6-12-20)27-28-24(19-34-27)23-18-30(25-16-10-9-15-22(23)25)35(32,33)21-13-7-4-8-14-21/h2-16,18-19H,1,17H2. The van der Waals surface area contributed by atoms with Gasteiger partial charge in [-0.25, -0.2) is 17.4 Å². The Hall–Kier alpha value is -4.01. The van der Waals surface area contributed by atoms with E-state index in [1.807, 2.05) is 35.7 Å². The van der Waals surface area contributed by atoms with Gasteiger partial charge in [0.15, 0.2) is 5.13 Å². The van der Waals surface area contributed by atoms with Gasteiger partial charge in [0.25, 0.3) is 15.9 Å². The number of thiazole rings is 1. The van der Waals surface area contributed by atoms with Gasteiger partial charge in [-0.15, -0.1) is 17.9 Å². The molecule has 0 spiro atoms. The molecule has 0 atom stereocenters. The number of hydrogen-bond donors (Lipinski definition) is 0. The molecule has 8 heteroatoms. The van der Waals surface area contributed by atoms with Crippen LogP contribution in [0.3, 0.4) is 0 Å². The molecule has 5 rings (SSSR count). The smallest absolute Gasteiger partial charge is 0.268 e. The highest BCUT2D eigenvalue weighted by molar-refractivity contribution is 7.90. The first kappa shape index (κ1) is 22.8. The molecule has 0 radical (unpaired) electrons. The van der Waals surface area contributed by atoms with Crippen molar-refractivity contribution in [2.75, 3.05) is 11.4 Å². The summed E-state index contributed by atoms with van der Waals surface area (Å²) < 4.78 is 28.1. The summed E-state index contributed by atoms with van der Waals surface area (Å²) in [5.41, 5.74) is 2.38. The van der Waals surface area contributed by atoms with Crippen molar-refractivity contribution < 1.29 is 13.2 Å². The minimum Gasteiger partial charge on any atom is -0.280 e. The van der Waals surface area contributed by atoms with Crippen molar-refractivity contribution in [3.05, 3.63) is 115 Å². The molecule has 0 saturated heterocycles. The molecule has 0 aliphatic rings. The van der Waals surface area contributed by atoms with E-state index < -0.39 is 10.0 Å². The van der Waals surface area contributed by atoms with Crippen LogP contribution >= 0.6 is 11.3 Å². The Bertz CT molecular complexity index is 1620. The Kier molecular flexibility index (Phi) is 6.07. The maximum Gasteiger partial charge on any atom is 0.268 e. The molecule has 35 heavy (non-hydrogen) atoms. The monoisotopic (exact) mass is 499 g/mol. The molecule has 2 aromatic heterocycles. The fourth-order valence-electron chi connectivity index (χ4n) is 3.88. The number of amides is 1. The summed E-state index contributed by atoms with van der Waals surface area (Å²) in [6.07, 6.45) is 3.25. The van der Waals surface area contributed by atoms with Gasteiger partial charge in [0.2, 0.25) is 0 Å². The second-order valence-electron chi connectivity index (χ2n) is 7.76. The molecular weight excluding hydrogens is 478 g/mol. The molecule has 0 bridgehead atoms. The van der Waals surface area contributed by atoms with Crippen molar-refractivity contribution in [2.45, 2.75) is 4.90 Å². The summed E-state index contributed by atoms with van der Waals surface area (Å²) in [4.78, 5) is 19.7. The molecule has 0 aliphatic heterocycles. The molecule has 3 aromatic carbocycles. The Balaban J connectivity index is 1.59. The van der Waals surface area contributed by atoms with Crippen molar-refractivity contribution >= 4 is 43.3 Å². The van der Waals surface area contributed by atoms with Crippen molar-refractivity contribution in [3.8, 4) is 11.3 Å². The number of fused-ring (bicyclic) bond motifs is 1. The number of rotatable bonds is 7. The molecule has 0 aliphatic carbocycles. The second kappa shape index (κ2) is 9.32. The molecule has 1 amide bonds. The van der Waals surface area contributed by atoms with Gasteiger partial charge in [-0.05, 0) is 30.3 Å². The topological polar surface area (TPSA) is 72.3 Å². The third-order valence-electron chi connectivity index (χ3n) is 5.55. The Morgan fingerprint density at radius 3 is 2.34 bits per heavy atom. The first-order chi connectivity index (χ1) is 17.0. The van der Waals surface area contributed by atoms with Gasteiger partial charge >= 0.3 is 0 Å². The summed E-state index contributed by atoms with van der Waals surface area (Å²) in [5.74, 6) is -0.180. The van der Waals surface area contributed by atoms with E-state index in [0.29, 0.717) is 34.0 Å². The van der Waals surface area contributed by atoms with Gasteiger partial charge in [0, 0.05) is 34.6 Å². The first-order valence-electron chi connectivity index (χ1n) is 10.8. The van der Waals surface area contributed by atoms with Crippen LogP contribution in [0.5, 0.6) is 0 Å². The Morgan fingerprint density at radius 1 is 0.971 bits per heavy atom. The summed E-state index contributed by atoms with van der Waals surface area (Å²) in [5, 5.41) is 3.11. The lowest BCUT2D eigenvalue weighted by molar-refractivity contribution is 0.0989. The molecule has 0 unspecified atom stereocenters. The van der Waals surface area contributed by atoms with E-state index in [4.69, 9.17) is 4.98 Å². The predicted molar refractivity (Wildman–Crippen MR) is 140 cm³/mol. The van der Waals surface area contributed by atoms with Gasteiger partial charge < -0.3 is 0 Å². The van der Waals surface area contributed by atoms with E-state index in [1.165, 1.54) is 15.3 Å². The highest BCUT2D eigenvalue weighted by atomic mass is 32.2. The normalized spacial score (nSPS) is 11.4. The van der Waals surface area contributed by atoms with Crippen LogP contribution in [0.1, 0.15) is 10.4 Å². The summed E-state index contributed by atoms with van der Waals surface area (Å²) in [6.45, 7) is 4.08. The number of hydrogen-bond acceptors (Lipinski definition) is 5. The number of nitrogens with zero attached hydrogens (tertiary/aromatic N) is 3. The van der Waals surface area contributed by atoms with Gasteiger partial charge in [-0.2, -0.15) is 0 Å². The largest absolute Gasteiger partial charge is 0.280 e. The zero-order valence-electron chi connectivity index (χ0n) is 18.6. The fourth-order valence-corrected chi connectivity index (χ4v) is 6.11. The molecular formula is C27H21N3O3S2. The van der Waals surface area contributed by atoms with Crippen LogP contribution < -0.4 is 4.90 Å². The fraction of sp³-hybridized carbons (Fsp3) is 0.0370. The van der Waals surface area contributed by atoms with Crippen molar-refractivity contribution in [1.29, 1.82) is 0 Å². The number of carbonyl (C=O) groups excluding carboxylic acids is 1. The van der Waals surface area contributed by atoms with Crippen LogP contribution in [0.4, 0.5) is 5.13 Å². The van der Waals surface area contributed by atoms with E-state index in [9.17, 15) is 13.2 Å². The minimum absolute atomic E-state index is 0.180. The van der Waals surface area contributed by atoms with Gasteiger partial charge in [0.1, 0.15) is 0 Å². The van der Waals surface area contributed by atoms with Crippen LogP contribution in [-0.4, -0.2) is 29.8 Å². The molecule has 0 fully saturated rings. The summed E-state index contributed by atoms with van der Waals surface area (Å²) >= 11 is 1.32. The number of benzene rings is 3. The third kappa shape index (κ3) is 4.18. The molecule has 2 heterocycles. The SMILES string of the molecule is C=CCN(C(=O)c1ccccc1)c1nc(-c2cn(S(=O)(=O)c3ccccc3)c3ccccc23)cs1. The van der Waals surface area contributed by atoms with Crippen LogP contribution in [0.25, 0.3) is 22.2 Å². The second-order valence-corrected chi connectivity index (χ2v) is 10.4. The number of carbonyl (C=O) groups is 1. The van der Waals surface area contributed by atoms with Crippen LogP contribution in [0, 0.1) is 0 Å². The summed E-state index contributed by atoms with van der Waals surface area (Å²) in [7, 11) is -3.81. The van der Waals surface area contributed by atoms with E-state index in [-0.39, 0.29) is 10.8 Å².